The zero-order chi connectivity index (χ0) is 13.7. The standard InChI is InChI=1S/C17H20O2/c1-3-19-16-12-8-7-11-15(16)17(18)13(2)14-9-5-4-6-10-14/h4-13,17-18H,3H2,1-2H3. The molecule has 0 aliphatic heterocycles. The van der Waals surface area contributed by atoms with E-state index in [0.717, 1.165) is 16.9 Å². The summed E-state index contributed by atoms with van der Waals surface area (Å²) in [5.74, 6) is 0.795. The highest BCUT2D eigenvalue weighted by Crippen LogP contribution is 2.35. The first-order valence-corrected chi connectivity index (χ1v) is 6.68. The van der Waals surface area contributed by atoms with Crippen molar-refractivity contribution in [2.45, 2.75) is 25.9 Å². The van der Waals surface area contributed by atoms with Crippen molar-refractivity contribution in [3.8, 4) is 5.75 Å². The van der Waals surface area contributed by atoms with Crippen molar-refractivity contribution in [3.05, 3.63) is 65.7 Å². The average molecular weight is 256 g/mol. The van der Waals surface area contributed by atoms with Crippen molar-refractivity contribution in [1.82, 2.24) is 0 Å². The minimum absolute atomic E-state index is 0.0304. The summed E-state index contributed by atoms with van der Waals surface area (Å²) < 4.78 is 5.58. The maximum absolute atomic E-state index is 10.6. The highest BCUT2D eigenvalue weighted by molar-refractivity contribution is 5.37. The normalized spacial score (nSPS) is 13.8. The Balaban J connectivity index is 2.26. The molecular weight excluding hydrogens is 236 g/mol. The predicted octanol–water partition coefficient (Wildman–Crippen LogP) is 3.92. The van der Waals surface area contributed by atoms with Crippen molar-refractivity contribution in [3.63, 3.8) is 0 Å². The SMILES string of the molecule is CCOc1ccccc1C(O)C(C)c1ccccc1. The van der Waals surface area contributed by atoms with Gasteiger partial charge in [-0.15, -0.1) is 0 Å². The third kappa shape index (κ3) is 3.15. The summed E-state index contributed by atoms with van der Waals surface area (Å²) in [6.07, 6.45) is -0.565. The van der Waals surface area contributed by atoms with Crippen molar-refractivity contribution in [2.24, 2.45) is 0 Å². The number of hydrogen-bond donors (Lipinski definition) is 1. The molecule has 0 aromatic heterocycles. The first-order chi connectivity index (χ1) is 9.24. The van der Waals surface area contributed by atoms with Gasteiger partial charge in [0.15, 0.2) is 0 Å². The molecule has 0 amide bonds. The summed E-state index contributed by atoms with van der Waals surface area (Å²) >= 11 is 0. The predicted molar refractivity (Wildman–Crippen MR) is 77.4 cm³/mol. The van der Waals surface area contributed by atoms with Gasteiger partial charge in [-0.3, -0.25) is 0 Å². The van der Waals surface area contributed by atoms with E-state index >= 15 is 0 Å². The van der Waals surface area contributed by atoms with Gasteiger partial charge in [0.2, 0.25) is 0 Å². The number of ether oxygens (including phenoxy) is 1. The minimum atomic E-state index is -0.565. The summed E-state index contributed by atoms with van der Waals surface area (Å²) in [5, 5.41) is 10.6. The number of aliphatic hydroxyl groups is 1. The number of hydrogen-bond acceptors (Lipinski definition) is 2. The van der Waals surface area contributed by atoms with Gasteiger partial charge in [0, 0.05) is 11.5 Å². The second-order valence-electron chi connectivity index (χ2n) is 4.62. The number of rotatable bonds is 5. The molecule has 0 bridgehead atoms. The fourth-order valence-corrected chi connectivity index (χ4v) is 2.22. The first kappa shape index (κ1) is 13.6. The molecule has 1 N–H and O–H groups in total. The average Bonchev–Trinajstić information content (AvgIpc) is 2.47. The Bertz CT molecular complexity index is 508. The van der Waals surface area contributed by atoms with Crippen molar-refractivity contribution in [2.75, 3.05) is 6.61 Å². The van der Waals surface area contributed by atoms with Crippen molar-refractivity contribution >= 4 is 0 Å². The van der Waals surface area contributed by atoms with Gasteiger partial charge in [0.1, 0.15) is 5.75 Å². The molecule has 0 radical (unpaired) electrons. The lowest BCUT2D eigenvalue weighted by atomic mass is 9.90. The van der Waals surface area contributed by atoms with Gasteiger partial charge < -0.3 is 9.84 Å². The molecule has 2 unspecified atom stereocenters. The Morgan fingerprint density at radius 2 is 1.63 bits per heavy atom. The Labute approximate surface area is 114 Å². The van der Waals surface area contributed by atoms with Crippen LogP contribution in [0.5, 0.6) is 5.75 Å². The summed E-state index contributed by atoms with van der Waals surface area (Å²) in [7, 11) is 0. The molecule has 2 aromatic rings. The highest BCUT2D eigenvalue weighted by atomic mass is 16.5. The van der Waals surface area contributed by atoms with Gasteiger partial charge in [-0.05, 0) is 18.6 Å². The molecule has 0 aliphatic carbocycles. The van der Waals surface area contributed by atoms with Gasteiger partial charge in [0.05, 0.1) is 12.7 Å². The van der Waals surface area contributed by atoms with Crippen LogP contribution in [0.25, 0.3) is 0 Å². The van der Waals surface area contributed by atoms with E-state index in [4.69, 9.17) is 4.74 Å². The van der Waals surface area contributed by atoms with Gasteiger partial charge in [-0.1, -0.05) is 55.5 Å². The molecule has 0 fully saturated rings. The second kappa shape index (κ2) is 6.39. The van der Waals surface area contributed by atoms with E-state index in [1.165, 1.54) is 0 Å². The Kier molecular flexibility index (Phi) is 4.58. The van der Waals surface area contributed by atoms with Crippen molar-refractivity contribution < 1.29 is 9.84 Å². The fourth-order valence-electron chi connectivity index (χ4n) is 2.22. The van der Waals surface area contributed by atoms with E-state index in [9.17, 15) is 5.11 Å². The van der Waals surface area contributed by atoms with E-state index in [2.05, 4.69) is 0 Å². The Morgan fingerprint density at radius 1 is 1.00 bits per heavy atom. The largest absolute Gasteiger partial charge is 0.493 e. The van der Waals surface area contributed by atoms with Gasteiger partial charge >= 0.3 is 0 Å². The minimum Gasteiger partial charge on any atom is -0.493 e. The lowest BCUT2D eigenvalue weighted by Gasteiger charge is -2.22. The van der Waals surface area contributed by atoms with E-state index in [0.29, 0.717) is 6.61 Å². The molecular formula is C17H20O2. The van der Waals surface area contributed by atoms with Crippen LogP contribution >= 0.6 is 0 Å². The smallest absolute Gasteiger partial charge is 0.125 e. The third-order valence-electron chi connectivity index (χ3n) is 3.34. The molecule has 2 aromatic carbocycles. The summed E-state index contributed by atoms with van der Waals surface area (Å²) in [6, 6.07) is 17.7. The lowest BCUT2D eigenvalue weighted by Crippen LogP contribution is -2.09. The van der Waals surface area contributed by atoms with Crippen LogP contribution in [0, 0.1) is 0 Å². The first-order valence-electron chi connectivity index (χ1n) is 6.68. The van der Waals surface area contributed by atoms with E-state index in [1.54, 1.807) is 0 Å². The fraction of sp³-hybridized carbons (Fsp3) is 0.294. The molecule has 0 heterocycles. The zero-order valence-electron chi connectivity index (χ0n) is 11.4. The third-order valence-corrected chi connectivity index (χ3v) is 3.34. The van der Waals surface area contributed by atoms with Gasteiger partial charge in [-0.25, -0.2) is 0 Å². The maximum atomic E-state index is 10.6. The topological polar surface area (TPSA) is 29.5 Å². The zero-order valence-corrected chi connectivity index (χ0v) is 11.4. The van der Waals surface area contributed by atoms with Crippen LogP contribution in [-0.4, -0.2) is 11.7 Å². The molecule has 2 atom stereocenters. The lowest BCUT2D eigenvalue weighted by molar-refractivity contribution is 0.146. The van der Waals surface area contributed by atoms with E-state index < -0.39 is 6.10 Å². The highest BCUT2D eigenvalue weighted by Gasteiger charge is 2.21. The molecule has 100 valence electrons. The number of benzene rings is 2. The summed E-state index contributed by atoms with van der Waals surface area (Å²) in [6.45, 7) is 4.58. The van der Waals surface area contributed by atoms with Gasteiger partial charge in [0.25, 0.3) is 0 Å². The quantitative estimate of drug-likeness (QED) is 0.878. The number of aliphatic hydroxyl groups excluding tert-OH is 1. The molecule has 0 spiro atoms. The van der Waals surface area contributed by atoms with Crippen LogP contribution in [0.1, 0.15) is 37.0 Å². The summed E-state index contributed by atoms with van der Waals surface area (Å²) in [5.41, 5.74) is 1.97. The summed E-state index contributed by atoms with van der Waals surface area (Å²) in [4.78, 5) is 0. The van der Waals surface area contributed by atoms with Crippen LogP contribution in [0.15, 0.2) is 54.6 Å². The molecule has 0 saturated carbocycles. The molecule has 0 aliphatic rings. The number of para-hydroxylation sites is 1. The maximum Gasteiger partial charge on any atom is 0.125 e. The van der Waals surface area contributed by atoms with Crippen LogP contribution in [-0.2, 0) is 0 Å². The van der Waals surface area contributed by atoms with Gasteiger partial charge in [-0.2, -0.15) is 0 Å². The van der Waals surface area contributed by atoms with Crippen LogP contribution in [0.2, 0.25) is 0 Å². The Hall–Kier alpha value is -1.80. The molecule has 0 saturated heterocycles. The molecule has 2 nitrogen and oxygen atoms in total. The monoisotopic (exact) mass is 256 g/mol. The van der Waals surface area contributed by atoms with Crippen molar-refractivity contribution in [1.29, 1.82) is 0 Å². The molecule has 2 rings (SSSR count). The van der Waals surface area contributed by atoms with E-state index in [1.807, 2.05) is 68.4 Å². The molecule has 19 heavy (non-hydrogen) atoms. The Morgan fingerprint density at radius 3 is 2.32 bits per heavy atom. The molecule has 2 heteroatoms. The second-order valence-corrected chi connectivity index (χ2v) is 4.62. The van der Waals surface area contributed by atoms with E-state index in [-0.39, 0.29) is 5.92 Å². The van der Waals surface area contributed by atoms with Crippen LogP contribution in [0.3, 0.4) is 0 Å². The van der Waals surface area contributed by atoms with Crippen LogP contribution in [0.4, 0.5) is 0 Å². The van der Waals surface area contributed by atoms with Crippen LogP contribution < -0.4 is 4.74 Å².